The van der Waals surface area contributed by atoms with Crippen LogP contribution in [0.5, 0.6) is 0 Å². The average molecular weight is 469 g/mol. The molecule has 0 radical (unpaired) electrons. The summed E-state index contributed by atoms with van der Waals surface area (Å²) in [4.78, 5) is 12.4. The molecule has 4 heteroatoms. The number of carboxylic acid groups (broad SMARTS) is 1. The first-order chi connectivity index (χ1) is 15.2. The van der Waals surface area contributed by atoms with Gasteiger partial charge in [0.1, 0.15) is 0 Å². The highest BCUT2D eigenvalue weighted by Crippen LogP contribution is 2.32. The van der Waals surface area contributed by atoms with Crippen molar-refractivity contribution in [2.45, 2.75) is 75.9 Å². The molecule has 172 valence electrons. The van der Waals surface area contributed by atoms with Gasteiger partial charge in [0.25, 0.3) is 0 Å². The number of carbonyl (C=O) groups is 1. The van der Waals surface area contributed by atoms with Crippen LogP contribution in [0, 0.1) is 17.1 Å². The van der Waals surface area contributed by atoms with E-state index in [1.165, 1.54) is 40.6 Å². The summed E-state index contributed by atoms with van der Waals surface area (Å²) in [5.41, 5.74) is 4.00. The summed E-state index contributed by atoms with van der Waals surface area (Å²) in [5, 5.41) is 12.2. The van der Waals surface area contributed by atoms with Crippen LogP contribution in [0.15, 0.2) is 53.4 Å². The third-order valence-corrected chi connectivity index (χ3v) is 7.72. The molecule has 0 fully saturated rings. The van der Waals surface area contributed by atoms with E-state index in [2.05, 4.69) is 87.4 Å². The number of carboxylic acids is 1. The molecular weight excluding hydrogens is 432 g/mol. The largest absolute Gasteiger partial charge is 0.481 e. The predicted molar refractivity (Wildman–Crippen MR) is 140 cm³/mol. The van der Waals surface area contributed by atoms with Crippen LogP contribution in [-0.4, -0.2) is 16.8 Å². The topological polar surface area (TPSA) is 37.3 Å². The van der Waals surface area contributed by atoms with Crippen LogP contribution in [0.2, 0.25) is 0 Å². The van der Waals surface area contributed by atoms with Crippen molar-refractivity contribution in [3.05, 3.63) is 65.2 Å². The van der Waals surface area contributed by atoms with E-state index in [0.717, 1.165) is 17.2 Å². The fourth-order valence-electron chi connectivity index (χ4n) is 3.55. The molecule has 0 bridgehead atoms. The van der Waals surface area contributed by atoms with Gasteiger partial charge in [0, 0.05) is 22.3 Å². The minimum Gasteiger partial charge on any atom is -0.481 e. The lowest BCUT2D eigenvalue weighted by Crippen LogP contribution is -2.17. The molecule has 0 aliphatic carbocycles. The number of hydrogen-bond acceptors (Lipinski definition) is 3. The zero-order valence-corrected chi connectivity index (χ0v) is 21.6. The Labute approximate surface area is 203 Å². The maximum atomic E-state index is 11.2. The second-order valence-corrected chi connectivity index (χ2v) is 11.2. The summed E-state index contributed by atoms with van der Waals surface area (Å²) in [7, 11) is 0. The molecule has 2 aromatic carbocycles. The molecule has 0 aromatic heterocycles. The van der Waals surface area contributed by atoms with E-state index in [1.807, 2.05) is 11.8 Å². The highest BCUT2D eigenvalue weighted by Gasteiger charge is 2.20. The van der Waals surface area contributed by atoms with E-state index < -0.39 is 5.97 Å². The highest BCUT2D eigenvalue weighted by molar-refractivity contribution is 8.03. The molecule has 1 atom stereocenters. The van der Waals surface area contributed by atoms with Crippen molar-refractivity contribution in [2.24, 2.45) is 5.92 Å². The number of benzene rings is 2. The van der Waals surface area contributed by atoms with Crippen LogP contribution in [0.25, 0.3) is 0 Å². The molecule has 2 rings (SSSR count). The second-order valence-electron chi connectivity index (χ2n) is 9.33. The molecule has 2 nitrogen and oxygen atoms in total. The van der Waals surface area contributed by atoms with Gasteiger partial charge >= 0.3 is 5.97 Å². The van der Waals surface area contributed by atoms with Gasteiger partial charge in [-0.25, -0.2) is 0 Å². The molecule has 0 amide bonds. The standard InChI is InChI=1S/C28H36O2S2/c1-6-17-31-20-24(18-27(29)30)23-9-13-26(14-10-23)32-19-22-7-11-25(12-8-22)28(4,5)16-15-21(2)3/h7-14,21,24H,15-16,18-20H2,1-5H3,(H,29,30). The smallest absolute Gasteiger partial charge is 0.303 e. The summed E-state index contributed by atoms with van der Waals surface area (Å²) in [6, 6.07) is 17.4. The molecule has 1 N–H and O–H groups in total. The Morgan fingerprint density at radius 3 is 2.28 bits per heavy atom. The third-order valence-electron chi connectivity index (χ3n) is 5.72. The van der Waals surface area contributed by atoms with Gasteiger partial charge in [-0.15, -0.1) is 11.8 Å². The van der Waals surface area contributed by atoms with Gasteiger partial charge in [-0.1, -0.05) is 88.2 Å². The van der Waals surface area contributed by atoms with Gasteiger partial charge in [-0.3, -0.25) is 4.79 Å². The average Bonchev–Trinajstić information content (AvgIpc) is 2.76. The first-order valence-corrected chi connectivity index (χ1v) is 13.3. The molecule has 1 unspecified atom stereocenters. The van der Waals surface area contributed by atoms with Crippen LogP contribution >= 0.6 is 23.5 Å². The van der Waals surface area contributed by atoms with E-state index in [-0.39, 0.29) is 17.8 Å². The molecule has 32 heavy (non-hydrogen) atoms. The lowest BCUT2D eigenvalue weighted by atomic mass is 9.79. The first kappa shape index (κ1) is 26.4. The Bertz CT molecular complexity index is 903. The number of rotatable bonds is 12. The van der Waals surface area contributed by atoms with E-state index in [1.54, 1.807) is 6.92 Å². The van der Waals surface area contributed by atoms with Crippen LogP contribution < -0.4 is 0 Å². The first-order valence-electron chi connectivity index (χ1n) is 11.3. The molecule has 0 saturated carbocycles. The molecule has 0 heterocycles. The minimum absolute atomic E-state index is 0.0241. The number of aliphatic carboxylic acids is 1. The Morgan fingerprint density at radius 2 is 1.72 bits per heavy atom. The predicted octanol–water partition coefficient (Wildman–Crippen LogP) is 7.97. The zero-order valence-electron chi connectivity index (χ0n) is 20.0. The van der Waals surface area contributed by atoms with Crippen molar-refractivity contribution in [3.8, 4) is 11.2 Å². The van der Waals surface area contributed by atoms with Crippen LogP contribution in [0.4, 0.5) is 0 Å². The quantitative estimate of drug-likeness (QED) is 0.253. The van der Waals surface area contributed by atoms with E-state index in [9.17, 15) is 9.90 Å². The van der Waals surface area contributed by atoms with Crippen LogP contribution in [-0.2, 0) is 16.0 Å². The van der Waals surface area contributed by atoms with E-state index >= 15 is 0 Å². The highest BCUT2D eigenvalue weighted by atomic mass is 32.2. The van der Waals surface area contributed by atoms with E-state index in [0.29, 0.717) is 5.75 Å². The van der Waals surface area contributed by atoms with Gasteiger partial charge in [0.15, 0.2) is 0 Å². The Morgan fingerprint density at radius 1 is 1.06 bits per heavy atom. The molecule has 0 aliphatic rings. The summed E-state index contributed by atoms with van der Waals surface area (Å²) in [5.74, 6) is 4.41. The minimum atomic E-state index is -0.769. The van der Waals surface area contributed by atoms with Gasteiger partial charge in [-0.05, 0) is 58.8 Å². The zero-order chi connectivity index (χ0) is 23.6. The van der Waals surface area contributed by atoms with Crippen molar-refractivity contribution in [1.82, 2.24) is 0 Å². The maximum absolute atomic E-state index is 11.2. The fraction of sp³-hybridized carbons (Fsp3) is 0.464. The van der Waals surface area contributed by atoms with Crippen molar-refractivity contribution < 1.29 is 9.90 Å². The Hall–Kier alpha value is -1.83. The summed E-state index contributed by atoms with van der Waals surface area (Å²) >= 11 is 3.30. The summed E-state index contributed by atoms with van der Waals surface area (Å²) in [6.07, 6.45) is 2.58. The van der Waals surface area contributed by atoms with Crippen molar-refractivity contribution in [2.75, 3.05) is 5.75 Å². The molecule has 2 aromatic rings. The molecule has 0 aliphatic heterocycles. The van der Waals surface area contributed by atoms with Crippen LogP contribution in [0.1, 0.15) is 76.5 Å². The maximum Gasteiger partial charge on any atom is 0.303 e. The third kappa shape index (κ3) is 8.96. The van der Waals surface area contributed by atoms with E-state index in [4.69, 9.17) is 0 Å². The molecule has 0 spiro atoms. The lowest BCUT2D eigenvalue weighted by molar-refractivity contribution is -0.137. The summed E-state index contributed by atoms with van der Waals surface area (Å²) < 4.78 is 0. The lowest BCUT2D eigenvalue weighted by Gasteiger charge is -2.26. The monoisotopic (exact) mass is 468 g/mol. The second kappa shape index (κ2) is 13.0. The Kier molecular flexibility index (Phi) is 10.7. The SMILES string of the molecule is CC#CSCC(CC(=O)O)c1ccc(SCc2ccc(C(C)(C)CCC(C)C)cc2)cc1. The molecular formula is C28H36O2S2. The van der Waals surface area contributed by atoms with Crippen molar-refractivity contribution >= 4 is 29.5 Å². The van der Waals surface area contributed by atoms with Gasteiger partial charge < -0.3 is 5.11 Å². The number of hydrogen-bond donors (Lipinski definition) is 1. The van der Waals surface area contributed by atoms with Crippen molar-refractivity contribution in [3.63, 3.8) is 0 Å². The van der Waals surface area contributed by atoms with Crippen LogP contribution in [0.3, 0.4) is 0 Å². The van der Waals surface area contributed by atoms with Gasteiger partial charge in [0.2, 0.25) is 0 Å². The molecule has 0 saturated heterocycles. The van der Waals surface area contributed by atoms with Gasteiger partial charge in [-0.2, -0.15) is 0 Å². The Balaban J connectivity index is 1.96. The summed E-state index contributed by atoms with van der Waals surface area (Å²) in [6.45, 7) is 11.1. The van der Waals surface area contributed by atoms with Crippen molar-refractivity contribution in [1.29, 1.82) is 0 Å². The normalized spacial score (nSPS) is 12.3. The van der Waals surface area contributed by atoms with Gasteiger partial charge in [0.05, 0.1) is 6.42 Å². The number of thioether (sulfide) groups is 2. The fourth-order valence-corrected chi connectivity index (χ4v) is 5.14.